The van der Waals surface area contributed by atoms with Crippen LogP contribution in [0.15, 0.2) is 65.6 Å². The molecule has 7 nitrogen and oxygen atoms in total. The molecule has 3 aromatic carbocycles. The zero-order valence-corrected chi connectivity index (χ0v) is 26.5. The third kappa shape index (κ3) is 7.45. The number of aryl methyl sites for hydroxylation is 2. The van der Waals surface area contributed by atoms with Crippen LogP contribution < -0.4 is 16.3 Å². The minimum absolute atomic E-state index is 0.0182. The summed E-state index contributed by atoms with van der Waals surface area (Å²) in [5.74, 6) is -3.92. The molecule has 1 aromatic heterocycles. The van der Waals surface area contributed by atoms with Crippen LogP contribution in [-0.2, 0) is 26.9 Å². The smallest absolute Gasteiger partial charge is 0.416 e. The largest absolute Gasteiger partial charge is 0.507 e. The van der Waals surface area contributed by atoms with Crippen LogP contribution in [0.5, 0.6) is 5.75 Å². The Balaban J connectivity index is 1.93. The lowest BCUT2D eigenvalue weighted by Gasteiger charge is -2.27. The molecule has 250 valence electrons. The molecule has 0 saturated heterocycles. The van der Waals surface area contributed by atoms with Gasteiger partial charge in [-0.2, -0.15) is 13.2 Å². The van der Waals surface area contributed by atoms with E-state index in [0.717, 1.165) is 18.3 Å². The highest BCUT2D eigenvalue weighted by molar-refractivity contribution is 6.32. The van der Waals surface area contributed by atoms with Crippen molar-refractivity contribution in [1.82, 2.24) is 9.88 Å². The molecular weight excluding hydrogens is 634 g/mol. The van der Waals surface area contributed by atoms with Gasteiger partial charge in [-0.3, -0.25) is 19.0 Å². The number of nitrogens with zero attached hydrogens (tertiary/aromatic N) is 1. The van der Waals surface area contributed by atoms with Crippen LogP contribution in [0.4, 0.5) is 22.0 Å². The van der Waals surface area contributed by atoms with Crippen molar-refractivity contribution in [2.45, 2.75) is 58.8 Å². The first kappa shape index (κ1) is 35.9. The van der Waals surface area contributed by atoms with Gasteiger partial charge >= 0.3 is 12.1 Å². The molecule has 2 atom stereocenters. The molecule has 48 heavy (non-hydrogen) atoms. The van der Waals surface area contributed by atoms with Crippen LogP contribution in [0.25, 0.3) is 11.1 Å². The summed E-state index contributed by atoms with van der Waals surface area (Å²) < 4.78 is 78.3. The maximum absolute atomic E-state index is 15.9. The van der Waals surface area contributed by atoms with Gasteiger partial charge in [0.15, 0.2) is 0 Å². The Morgan fingerprint density at radius 2 is 1.71 bits per heavy atom. The quantitative estimate of drug-likeness (QED) is 0.125. The van der Waals surface area contributed by atoms with Gasteiger partial charge in [-0.05, 0) is 74.2 Å². The minimum atomic E-state index is -4.89. The number of ether oxygens (including phenoxy) is 1. The summed E-state index contributed by atoms with van der Waals surface area (Å²) in [6, 6.07) is 7.97. The van der Waals surface area contributed by atoms with E-state index >= 15 is 8.78 Å². The van der Waals surface area contributed by atoms with Crippen molar-refractivity contribution in [2.24, 2.45) is 0 Å². The molecule has 0 aliphatic carbocycles. The number of aromatic hydroxyl groups is 1. The summed E-state index contributed by atoms with van der Waals surface area (Å²) in [5.41, 5.74) is -2.31. The fourth-order valence-electron chi connectivity index (χ4n) is 5.69. The van der Waals surface area contributed by atoms with E-state index < -0.39 is 70.4 Å². The van der Waals surface area contributed by atoms with Gasteiger partial charge in [0.2, 0.25) is 5.91 Å². The van der Waals surface area contributed by atoms with Crippen molar-refractivity contribution in [1.29, 1.82) is 0 Å². The van der Waals surface area contributed by atoms with Gasteiger partial charge in [0.25, 0.3) is 5.56 Å². The second-order valence-electron chi connectivity index (χ2n) is 11.2. The highest BCUT2D eigenvalue weighted by Gasteiger charge is 2.37. The van der Waals surface area contributed by atoms with Crippen molar-refractivity contribution in [2.75, 3.05) is 6.61 Å². The van der Waals surface area contributed by atoms with E-state index in [1.165, 1.54) is 38.1 Å². The number of carbonyl (C=O) groups is 2. The van der Waals surface area contributed by atoms with Crippen LogP contribution in [-0.4, -0.2) is 36.0 Å². The Morgan fingerprint density at radius 3 is 2.33 bits per heavy atom. The lowest BCUT2D eigenvalue weighted by atomic mass is 9.90. The van der Waals surface area contributed by atoms with Gasteiger partial charge in [0.05, 0.1) is 24.6 Å². The van der Waals surface area contributed by atoms with E-state index in [4.69, 9.17) is 12.6 Å². The molecule has 4 rings (SSSR count). The molecule has 1 heterocycles. The van der Waals surface area contributed by atoms with Crippen LogP contribution in [0.2, 0.25) is 0 Å². The van der Waals surface area contributed by atoms with Crippen molar-refractivity contribution in [3.8, 4) is 16.9 Å². The van der Waals surface area contributed by atoms with Crippen LogP contribution in [0.1, 0.15) is 65.7 Å². The zero-order valence-electron chi connectivity index (χ0n) is 26.5. The summed E-state index contributed by atoms with van der Waals surface area (Å²) in [6.07, 6.45) is -5.14. The molecule has 0 aliphatic rings. The number of carbonyl (C=O) groups excluding carboxylic acids is 2. The lowest BCUT2D eigenvalue weighted by Crippen LogP contribution is -2.42. The Morgan fingerprint density at radius 1 is 1.00 bits per heavy atom. The van der Waals surface area contributed by atoms with E-state index in [1.54, 1.807) is 26.0 Å². The highest BCUT2D eigenvalue weighted by Crippen LogP contribution is 2.37. The second kappa shape index (κ2) is 14.4. The number of aromatic nitrogens is 1. The number of halogens is 5. The number of amides is 1. The number of alkyl halides is 3. The molecule has 0 spiro atoms. The Hall–Kier alpha value is -4.94. The number of phenolic OH excluding ortho intramolecular Hbond substituents is 1. The van der Waals surface area contributed by atoms with Crippen molar-refractivity contribution < 1.29 is 41.4 Å². The lowest BCUT2D eigenvalue weighted by molar-refractivity contribution is -0.144. The molecule has 0 saturated carbocycles. The number of rotatable bonds is 10. The molecule has 4 aromatic rings. The van der Waals surface area contributed by atoms with Gasteiger partial charge in [0, 0.05) is 28.5 Å². The van der Waals surface area contributed by atoms with Crippen LogP contribution >= 0.6 is 0 Å². The minimum Gasteiger partial charge on any atom is -0.507 e. The monoisotopic (exact) mass is 666 g/mol. The van der Waals surface area contributed by atoms with E-state index in [0.29, 0.717) is 27.3 Å². The number of esters is 1. The number of phenols is 1. The van der Waals surface area contributed by atoms with E-state index in [-0.39, 0.29) is 35.4 Å². The SMILES string of the molecule is [B]c1ccc(F)c(C(C(=O)N[C@@H](CC(=O)OCC)c2cc(-c3c(C)cccc3O)cc(C)c2F)n2ccc(C(F)(F)F)c(CC)c2=O)c1. The standard InChI is InChI=1S/C35H32BF5N2O5/c1-5-22-25(35(39,40)41)12-13-43(34(22)47)32(23-16-21(36)10-11-26(23)37)33(46)42-27(17-29(45)48-6-2)24-15-20(14-19(4)31(24)38)30-18(3)8-7-9-28(30)44/h7-16,27,32,44H,5-6,17H2,1-4H3,(H,42,46)/t27-,32?/m0/s1. The third-order valence-corrected chi connectivity index (χ3v) is 7.91. The molecule has 2 N–H and O–H groups in total. The topological polar surface area (TPSA) is 97.6 Å². The number of nitrogens with one attached hydrogen (secondary N) is 1. The molecule has 1 unspecified atom stereocenters. The first-order valence-corrected chi connectivity index (χ1v) is 15.0. The summed E-state index contributed by atoms with van der Waals surface area (Å²) >= 11 is 0. The summed E-state index contributed by atoms with van der Waals surface area (Å²) in [7, 11) is 5.88. The predicted molar refractivity (Wildman–Crippen MR) is 170 cm³/mol. The summed E-state index contributed by atoms with van der Waals surface area (Å²) in [4.78, 5) is 40.5. The maximum atomic E-state index is 15.9. The number of hydrogen-bond donors (Lipinski definition) is 2. The maximum Gasteiger partial charge on any atom is 0.416 e. The Kier molecular flexibility index (Phi) is 10.8. The highest BCUT2D eigenvalue weighted by atomic mass is 19.4. The van der Waals surface area contributed by atoms with E-state index in [9.17, 15) is 32.7 Å². The number of benzene rings is 3. The fraction of sp³-hybridized carbons (Fsp3) is 0.286. The van der Waals surface area contributed by atoms with Gasteiger partial charge in [-0.15, -0.1) is 0 Å². The molecule has 0 aliphatic heterocycles. The molecule has 1 amide bonds. The normalized spacial score (nSPS) is 12.8. The van der Waals surface area contributed by atoms with E-state index in [2.05, 4.69) is 5.32 Å². The summed E-state index contributed by atoms with van der Waals surface area (Å²) in [5, 5.41) is 13.1. The van der Waals surface area contributed by atoms with Gasteiger partial charge in [-0.25, -0.2) is 8.78 Å². The van der Waals surface area contributed by atoms with Crippen molar-refractivity contribution in [3.05, 3.63) is 116 Å². The molecule has 0 bridgehead atoms. The van der Waals surface area contributed by atoms with Crippen LogP contribution in [0.3, 0.4) is 0 Å². The van der Waals surface area contributed by atoms with Gasteiger partial charge in [0.1, 0.15) is 31.3 Å². The third-order valence-electron chi connectivity index (χ3n) is 7.91. The Bertz CT molecular complexity index is 1900. The van der Waals surface area contributed by atoms with E-state index in [1.807, 2.05) is 0 Å². The number of pyridine rings is 1. The first-order chi connectivity index (χ1) is 22.6. The average molecular weight is 666 g/mol. The molecule has 2 radical (unpaired) electrons. The fourth-order valence-corrected chi connectivity index (χ4v) is 5.69. The predicted octanol–water partition coefficient (Wildman–Crippen LogP) is 5.89. The van der Waals surface area contributed by atoms with Crippen molar-refractivity contribution >= 4 is 25.2 Å². The number of hydrogen-bond acceptors (Lipinski definition) is 5. The van der Waals surface area contributed by atoms with Gasteiger partial charge < -0.3 is 15.2 Å². The zero-order chi connectivity index (χ0) is 35.5. The first-order valence-electron chi connectivity index (χ1n) is 15.0. The van der Waals surface area contributed by atoms with Gasteiger partial charge in [-0.1, -0.05) is 36.7 Å². The van der Waals surface area contributed by atoms with Crippen molar-refractivity contribution in [3.63, 3.8) is 0 Å². The molecule has 13 heteroatoms. The molecule has 0 fully saturated rings. The van der Waals surface area contributed by atoms with Crippen LogP contribution in [0, 0.1) is 25.5 Å². The molecular formula is C35H32BF5N2O5. The average Bonchev–Trinajstić information content (AvgIpc) is 3.00. The second-order valence-corrected chi connectivity index (χ2v) is 11.2. The Labute approximate surface area is 274 Å². The summed E-state index contributed by atoms with van der Waals surface area (Å²) in [6.45, 7) is 5.99.